The number of allylic oxidation sites excluding steroid dienone is 6. The summed E-state index contributed by atoms with van der Waals surface area (Å²) in [6.07, 6.45) is 8.24. The van der Waals surface area contributed by atoms with Crippen LogP contribution >= 0.6 is 11.3 Å². The molecule has 1 aromatic rings. The molecule has 1 aliphatic carbocycles. The van der Waals surface area contributed by atoms with Crippen LogP contribution in [0, 0.1) is 11.3 Å². The molecular weight excluding hydrogens is 206 g/mol. The summed E-state index contributed by atoms with van der Waals surface area (Å²) in [6.45, 7) is 0. The number of hydrogen-bond acceptors (Lipinski definition) is 4. The first-order chi connectivity index (χ1) is 7.29. The Morgan fingerprint density at radius 3 is 3.07 bits per heavy atom. The van der Waals surface area contributed by atoms with E-state index in [1.165, 1.54) is 11.3 Å². The second kappa shape index (κ2) is 4.11. The number of anilines is 1. The summed E-state index contributed by atoms with van der Waals surface area (Å²) < 4.78 is 0. The number of nitrogens with two attached hydrogens (primary N) is 1. The second-order valence-electron chi connectivity index (χ2n) is 3.10. The van der Waals surface area contributed by atoms with Crippen LogP contribution < -0.4 is 5.73 Å². The molecule has 15 heavy (non-hydrogen) atoms. The fourth-order valence-electron chi connectivity index (χ4n) is 1.33. The lowest BCUT2D eigenvalue weighted by Gasteiger charge is -1.97. The quantitative estimate of drug-likeness (QED) is 0.782. The molecule has 0 aliphatic heterocycles. The van der Waals surface area contributed by atoms with Gasteiger partial charge in [0.1, 0.15) is 0 Å². The molecule has 1 aliphatic rings. The van der Waals surface area contributed by atoms with Crippen LogP contribution in [0.25, 0.3) is 5.57 Å². The van der Waals surface area contributed by atoms with Gasteiger partial charge in [0.15, 0.2) is 5.13 Å². The molecule has 0 amide bonds. The van der Waals surface area contributed by atoms with Crippen LogP contribution in [0.4, 0.5) is 5.13 Å². The van der Waals surface area contributed by atoms with Gasteiger partial charge in [0.2, 0.25) is 0 Å². The van der Waals surface area contributed by atoms with Crippen molar-refractivity contribution in [2.75, 3.05) is 5.73 Å². The summed E-state index contributed by atoms with van der Waals surface area (Å²) in [5.74, 6) is 0. The molecule has 0 unspecified atom stereocenters. The van der Waals surface area contributed by atoms with Gasteiger partial charge in [-0.3, -0.25) is 0 Å². The molecule has 1 heterocycles. The van der Waals surface area contributed by atoms with Crippen LogP contribution in [-0.4, -0.2) is 4.98 Å². The van der Waals surface area contributed by atoms with Gasteiger partial charge in [-0.15, -0.1) is 11.3 Å². The molecule has 0 bridgehead atoms. The zero-order valence-corrected chi connectivity index (χ0v) is 8.79. The highest BCUT2D eigenvalue weighted by molar-refractivity contribution is 7.13. The van der Waals surface area contributed by atoms with E-state index >= 15 is 0 Å². The summed E-state index contributed by atoms with van der Waals surface area (Å²) >= 11 is 1.43. The first-order valence-corrected chi connectivity index (χ1v) is 5.36. The SMILES string of the molecule is N#CC1=CCC(c2csc(N)n2)=CC=C1. The topological polar surface area (TPSA) is 62.7 Å². The maximum Gasteiger partial charge on any atom is 0.180 e. The second-order valence-corrected chi connectivity index (χ2v) is 3.99. The van der Waals surface area contributed by atoms with E-state index < -0.39 is 0 Å². The van der Waals surface area contributed by atoms with Gasteiger partial charge in [-0.05, 0) is 18.1 Å². The average molecular weight is 215 g/mol. The van der Waals surface area contributed by atoms with E-state index in [2.05, 4.69) is 11.1 Å². The van der Waals surface area contributed by atoms with Crippen molar-refractivity contribution < 1.29 is 0 Å². The normalized spacial score (nSPS) is 15.1. The van der Waals surface area contributed by atoms with Crippen LogP contribution in [0.2, 0.25) is 0 Å². The number of nitrogens with zero attached hydrogens (tertiary/aromatic N) is 2. The van der Waals surface area contributed by atoms with E-state index in [1.54, 1.807) is 6.08 Å². The van der Waals surface area contributed by atoms with Crippen LogP contribution in [-0.2, 0) is 0 Å². The van der Waals surface area contributed by atoms with Gasteiger partial charge in [0.05, 0.1) is 11.8 Å². The van der Waals surface area contributed by atoms with Gasteiger partial charge in [0, 0.05) is 11.0 Å². The molecule has 74 valence electrons. The fraction of sp³-hybridized carbons (Fsp3) is 0.0909. The highest BCUT2D eigenvalue weighted by Crippen LogP contribution is 2.24. The lowest BCUT2D eigenvalue weighted by atomic mass is 10.1. The zero-order valence-electron chi connectivity index (χ0n) is 7.97. The van der Waals surface area contributed by atoms with Crippen LogP contribution in [0.3, 0.4) is 0 Å². The molecule has 0 spiro atoms. The standard InChI is InChI=1S/C11H9N3S/c12-6-8-2-1-3-9(5-4-8)10-7-15-11(13)14-10/h1-4,7H,5H2,(H2,13,14). The lowest BCUT2D eigenvalue weighted by molar-refractivity contribution is 1.29. The maximum atomic E-state index is 8.75. The van der Waals surface area contributed by atoms with E-state index in [-0.39, 0.29) is 0 Å². The molecule has 0 saturated heterocycles. The maximum absolute atomic E-state index is 8.75. The Morgan fingerprint density at radius 2 is 2.40 bits per heavy atom. The third kappa shape index (κ3) is 2.14. The number of thiazole rings is 1. The van der Waals surface area contributed by atoms with Gasteiger partial charge in [0.25, 0.3) is 0 Å². The highest BCUT2D eigenvalue weighted by atomic mass is 32.1. The lowest BCUT2D eigenvalue weighted by Crippen LogP contribution is -1.86. The largest absolute Gasteiger partial charge is 0.375 e. The summed E-state index contributed by atoms with van der Waals surface area (Å²) in [6, 6.07) is 2.12. The third-order valence-electron chi connectivity index (χ3n) is 2.10. The molecule has 0 aromatic carbocycles. The van der Waals surface area contributed by atoms with Gasteiger partial charge >= 0.3 is 0 Å². The van der Waals surface area contributed by atoms with Crippen molar-refractivity contribution in [3.63, 3.8) is 0 Å². The van der Waals surface area contributed by atoms with Crippen molar-refractivity contribution in [2.24, 2.45) is 0 Å². The van der Waals surface area contributed by atoms with E-state index in [1.807, 2.05) is 23.6 Å². The Morgan fingerprint density at radius 1 is 1.53 bits per heavy atom. The Kier molecular flexibility index (Phi) is 2.66. The van der Waals surface area contributed by atoms with Crippen molar-refractivity contribution in [3.8, 4) is 6.07 Å². The van der Waals surface area contributed by atoms with Gasteiger partial charge in [-0.25, -0.2) is 4.98 Å². The Balaban J connectivity index is 2.28. The van der Waals surface area contributed by atoms with Gasteiger partial charge in [-0.1, -0.05) is 18.2 Å². The zero-order chi connectivity index (χ0) is 10.7. The van der Waals surface area contributed by atoms with E-state index in [0.717, 1.165) is 17.7 Å². The van der Waals surface area contributed by atoms with Crippen LogP contribution in [0.1, 0.15) is 12.1 Å². The number of rotatable bonds is 1. The predicted octanol–water partition coefficient (Wildman–Crippen LogP) is 2.52. The smallest absolute Gasteiger partial charge is 0.180 e. The minimum Gasteiger partial charge on any atom is -0.375 e. The highest BCUT2D eigenvalue weighted by Gasteiger charge is 2.06. The molecule has 0 atom stereocenters. The molecule has 2 N–H and O–H groups in total. The summed E-state index contributed by atoms with van der Waals surface area (Å²) in [7, 11) is 0. The summed E-state index contributed by atoms with van der Waals surface area (Å²) in [4.78, 5) is 4.21. The predicted molar refractivity (Wildman–Crippen MR) is 62.0 cm³/mol. The molecule has 0 saturated carbocycles. The number of aromatic nitrogens is 1. The third-order valence-corrected chi connectivity index (χ3v) is 2.77. The van der Waals surface area contributed by atoms with Gasteiger partial charge in [-0.2, -0.15) is 5.26 Å². The molecule has 0 radical (unpaired) electrons. The molecule has 3 nitrogen and oxygen atoms in total. The molecule has 4 heteroatoms. The molecule has 1 aromatic heterocycles. The van der Waals surface area contributed by atoms with E-state index in [0.29, 0.717) is 10.7 Å². The Bertz CT molecular complexity index is 500. The minimum absolute atomic E-state index is 0.573. The number of nitrogen functional groups attached to an aromatic ring is 1. The number of hydrogen-bond donors (Lipinski definition) is 1. The van der Waals surface area contributed by atoms with Crippen LogP contribution in [0.15, 0.2) is 35.3 Å². The van der Waals surface area contributed by atoms with Crippen molar-refractivity contribution in [2.45, 2.75) is 6.42 Å². The van der Waals surface area contributed by atoms with E-state index in [4.69, 9.17) is 11.0 Å². The minimum atomic E-state index is 0.573. The fourth-order valence-corrected chi connectivity index (χ4v) is 1.92. The van der Waals surface area contributed by atoms with Crippen molar-refractivity contribution in [1.82, 2.24) is 4.98 Å². The van der Waals surface area contributed by atoms with Crippen molar-refractivity contribution >= 4 is 22.0 Å². The number of nitriles is 1. The average Bonchev–Trinajstić information content (AvgIpc) is 2.54. The first kappa shape index (κ1) is 9.69. The Labute approximate surface area is 91.9 Å². The Hall–Kier alpha value is -1.86. The first-order valence-electron chi connectivity index (χ1n) is 4.48. The molecular formula is C11H9N3S. The molecule has 0 fully saturated rings. The summed E-state index contributed by atoms with van der Waals surface area (Å²) in [5.41, 5.74) is 8.24. The summed E-state index contributed by atoms with van der Waals surface area (Å²) in [5, 5.41) is 11.3. The molecule has 2 rings (SSSR count). The van der Waals surface area contributed by atoms with Crippen molar-refractivity contribution in [1.29, 1.82) is 5.26 Å². The van der Waals surface area contributed by atoms with Crippen LogP contribution in [0.5, 0.6) is 0 Å². The van der Waals surface area contributed by atoms with Gasteiger partial charge < -0.3 is 5.73 Å². The monoisotopic (exact) mass is 215 g/mol. The van der Waals surface area contributed by atoms with E-state index in [9.17, 15) is 0 Å². The van der Waals surface area contributed by atoms with Crippen molar-refractivity contribution in [3.05, 3.63) is 41.0 Å².